The fourth-order valence-corrected chi connectivity index (χ4v) is 2.40. The number of hydrogen-bond acceptors (Lipinski definition) is 6. The summed E-state index contributed by atoms with van der Waals surface area (Å²) in [7, 11) is 2.85. The molecule has 3 rings (SSSR count). The maximum absolute atomic E-state index is 12.0. The Labute approximate surface area is 150 Å². The zero-order valence-electron chi connectivity index (χ0n) is 14.3. The molecule has 1 heterocycles. The number of rotatable bonds is 5. The van der Waals surface area contributed by atoms with E-state index in [2.05, 4.69) is 11.9 Å². The number of carbonyl (C=O) groups is 2. The van der Waals surface area contributed by atoms with Gasteiger partial charge in [0, 0.05) is 6.07 Å². The van der Waals surface area contributed by atoms with Crippen molar-refractivity contribution in [3.63, 3.8) is 0 Å². The Bertz CT molecular complexity index is 872. The van der Waals surface area contributed by atoms with Gasteiger partial charge < -0.3 is 24.3 Å². The second-order valence-corrected chi connectivity index (χ2v) is 5.45. The fourth-order valence-electron chi connectivity index (χ4n) is 2.40. The summed E-state index contributed by atoms with van der Waals surface area (Å²) < 4.78 is 21.0. The van der Waals surface area contributed by atoms with Crippen molar-refractivity contribution in [2.75, 3.05) is 19.5 Å². The van der Waals surface area contributed by atoms with Crippen LogP contribution in [0.3, 0.4) is 0 Å². The molecular formula is C19H17NO6. The lowest BCUT2D eigenvalue weighted by molar-refractivity contribution is -0.115. The molecule has 0 unspecified atom stereocenters. The van der Waals surface area contributed by atoms with Gasteiger partial charge in [0.05, 0.1) is 25.5 Å². The van der Waals surface area contributed by atoms with Crippen molar-refractivity contribution in [3.05, 3.63) is 59.9 Å². The van der Waals surface area contributed by atoms with Crippen LogP contribution >= 0.6 is 0 Å². The maximum Gasteiger partial charge on any atom is 0.340 e. The van der Waals surface area contributed by atoms with E-state index in [1.807, 2.05) is 24.3 Å². The zero-order chi connectivity index (χ0) is 18.7. The molecule has 2 aromatic rings. The number of fused-ring (bicyclic) bond motifs is 1. The van der Waals surface area contributed by atoms with Crippen molar-refractivity contribution in [2.45, 2.75) is 6.61 Å². The molecule has 1 aliphatic rings. The second-order valence-electron chi connectivity index (χ2n) is 5.45. The minimum Gasteiger partial charge on any atom is -0.497 e. The predicted octanol–water partition coefficient (Wildman–Crippen LogP) is 2.91. The molecule has 0 aliphatic carbocycles. The van der Waals surface area contributed by atoms with Gasteiger partial charge in [-0.2, -0.15) is 0 Å². The van der Waals surface area contributed by atoms with Crippen molar-refractivity contribution in [2.24, 2.45) is 0 Å². The smallest absolute Gasteiger partial charge is 0.340 e. The highest BCUT2D eigenvalue weighted by Crippen LogP contribution is 2.38. The number of methoxy groups -OCH3 is 2. The third kappa shape index (κ3) is 3.46. The van der Waals surface area contributed by atoms with Crippen LogP contribution in [0.15, 0.2) is 48.7 Å². The van der Waals surface area contributed by atoms with Gasteiger partial charge >= 0.3 is 5.97 Å². The number of ether oxygens (including phenoxy) is 4. The molecular weight excluding hydrogens is 338 g/mol. The Balaban J connectivity index is 1.87. The summed E-state index contributed by atoms with van der Waals surface area (Å²) in [5.74, 6) is 0.201. The summed E-state index contributed by atoms with van der Waals surface area (Å²) in [6.07, 6.45) is 0. The average molecular weight is 355 g/mol. The molecule has 0 spiro atoms. The summed E-state index contributed by atoms with van der Waals surface area (Å²) in [5, 5.41) is 2.57. The van der Waals surface area contributed by atoms with Crippen LogP contribution in [-0.2, 0) is 16.1 Å². The van der Waals surface area contributed by atoms with E-state index in [9.17, 15) is 9.59 Å². The molecule has 1 amide bonds. The number of anilines is 1. The molecule has 0 aromatic heterocycles. The zero-order valence-corrected chi connectivity index (χ0v) is 14.3. The Morgan fingerprint density at radius 3 is 2.54 bits per heavy atom. The standard InChI is InChI=1S/C19H17NO6/c1-11-18(21)20-17-15(19(22)24-3)8-14(9-16(17)26-11)25-10-12-4-6-13(23-2)7-5-12/h4-9H,1,10H2,2-3H3,(H,20,21). The van der Waals surface area contributed by atoms with Gasteiger partial charge in [-0.1, -0.05) is 18.7 Å². The first-order valence-corrected chi connectivity index (χ1v) is 7.72. The quantitative estimate of drug-likeness (QED) is 0.656. The van der Waals surface area contributed by atoms with Gasteiger partial charge in [0.1, 0.15) is 18.1 Å². The monoisotopic (exact) mass is 355 g/mol. The first-order chi connectivity index (χ1) is 12.5. The summed E-state index contributed by atoms with van der Waals surface area (Å²) in [6.45, 7) is 3.80. The molecule has 134 valence electrons. The Kier molecular flexibility index (Phi) is 4.79. The highest BCUT2D eigenvalue weighted by atomic mass is 16.5. The molecule has 0 bridgehead atoms. The van der Waals surface area contributed by atoms with E-state index in [0.29, 0.717) is 5.75 Å². The summed E-state index contributed by atoms with van der Waals surface area (Å²) in [4.78, 5) is 23.8. The van der Waals surface area contributed by atoms with Crippen LogP contribution in [0.5, 0.6) is 17.2 Å². The van der Waals surface area contributed by atoms with Crippen LogP contribution in [0.2, 0.25) is 0 Å². The van der Waals surface area contributed by atoms with Crippen LogP contribution in [0, 0.1) is 0 Å². The molecule has 7 nitrogen and oxygen atoms in total. The summed E-state index contributed by atoms with van der Waals surface area (Å²) in [6, 6.07) is 10.5. The lowest BCUT2D eigenvalue weighted by atomic mass is 10.1. The number of esters is 1. The SMILES string of the molecule is C=C1Oc2cc(OCc3ccc(OC)cc3)cc(C(=O)OC)c2NC1=O. The van der Waals surface area contributed by atoms with Gasteiger partial charge in [0.2, 0.25) is 0 Å². The van der Waals surface area contributed by atoms with Crippen LogP contribution in [0.25, 0.3) is 0 Å². The lowest BCUT2D eigenvalue weighted by Gasteiger charge is -2.22. The fraction of sp³-hybridized carbons (Fsp3) is 0.158. The molecule has 26 heavy (non-hydrogen) atoms. The van der Waals surface area contributed by atoms with Crippen molar-refractivity contribution >= 4 is 17.6 Å². The van der Waals surface area contributed by atoms with Crippen LogP contribution in [0.4, 0.5) is 5.69 Å². The van der Waals surface area contributed by atoms with E-state index in [1.54, 1.807) is 13.2 Å². The number of benzene rings is 2. The number of nitrogens with one attached hydrogen (secondary N) is 1. The molecule has 1 N–H and O–H groups in total. The first kappa shape index (κ1) is 17.3. The molecule has 2 aromatic carbocycles. The Hall–Kier alpha value is -3.48. The molecule has 0 saturated heterocycles. The van der Waals surface area contributed by atoms with Gasteiger partial charge in [-0.15, -0.1) is 0 Å². The summed E-state index contributed by atoms with van der Waals surface area (Å²) >= 11 is 0. The van der Waals surface area contributed by atoms with Crippen LogP contribution in [-0.4, -0.2) is 26.1 Å². The summed E-state index contributed by atoms with van der Waals surface area (Å²) in [5.41, 5.74) is 1.28. The molecule has 1 aliphatic heterocycles. The molecule has 0 atom stereocenters. The number of hydrogen-bond donors (Lipinski definition) is 1. The minimum absolute atomic E-state index is 0.0689. The van der Waals surface area contributed by atoms with E-state index < -0.39 is 11.9 Å². The van der Waals surface area contributed by atoms with Crippen molar-refractivity contribution < 1.29 is 28.5 Å². The van der Waals surface area contributed by atoms with Crippen molar-refractivity contribution in [1.82, 2.24) is 0 Å². The third-order valence-electron chi connectivity index (χ3n) is 3.77. The van der Waals surface area contributed by atoms with E-state index in [0.717, 1.165) is 11.3 Å². The maximum atomic E-state index is 12.0. The molecule has 0 fully saturated rings. The number of amides is 1. The van der Waals surface area contributed by atoms with E-state index in [1.165, 1.54) is 13.2 Å². The highest BCUT2D eigenvalue weighted by molar-refractivity contribution is 6.10. The molecule has 0 saturated carbocycles. The van der Waals surface area contributed by atoms with E-state index in [4.69, 9.17) is 18.9 Å². The Morgan fingerprint density at radius 1 is 1.15 bits per heavy atom. The lowest BCUT2D eigenvalue weighted by Crippen LogP contribution is -2.25. The topological polar surface area (TPSA) is 83.1 Å². The van der Waals surface area contributed by atoms with Gasteiger partial charge in [0.25, 0.3) is 5.91 Å². The van der Waals surface area contributed by atoms with Crippen LogP contribution < -0.4 is 19.5 Å². The van der Waals surface area contributed by atoms with Crippen LogP contribution in [0.1, 0.15) is 15.9 Å². The van der Waals surface area contributed by atoms with Gasteiger partial charge in [0.15, 0.2) is 11.5 Å². The van der Waals surface area contributed by atoms with Gasteiger partial charge in [-0.05, 0) is 23.8 Å². The number of carbonyl (C=O) groups excluding carboxylic acids is 2. The third-order valence-corrected chi connectivity index (χ3v) is 3.77. The normalized spacial score (nSPS) is 12.5. The Morgan fingerprint density at radius 2 is 1.88 bits per heavy atom. The van der Waals surface area contributed by atoms with Gasteiger partial charge in [-0.3, -0.25) is 4.79 Å². The van der Waals surface area contributed by atoms with E-state index in [-0.39, 0.29) is 29.4 Å². The highest BCUT2D eigenvalue weighted by Gasteiger charge is 2.27. The minimum atomic E-state index is -0.618. The molecule has 0 radical (unpaired) electrons. The van der Waals surface area contributed by atoms with Crippen molar-refractivity contribution in [3.8, 4) is 17.2 Å². The molecule has 7 heteroatoms. The second kappa shape index (κ2) is 7.18. The predicted molar refractivity (Wildman–Crippen MR) is 93.5 cm³/mol. The first-order valence-electron chi connectivity index (χ1n) is 7.72. The van der Waals surface area contributed by atoms with Crippen molar-refractivity contribution in [1.29, 1.82) is 0 Å². The largest absolute Gasteiger partial charge is 0.497 e. The van der Waals surface area contributed by atoms with E-state index >= 15 is 0 Å². The average Bonchev–Trinajstić information content (AvgIpc) is 2.66. The van der Waals surface area contributed by atoms with Gasteiger partial charge in [-0.25, -0.2) is 4.79 Å².